The zero-order chi connectivity index (χ0) is 20.4. The minimum absolute atomic E-state index is 0.434. The molecule has 0 radical (unpaired) electrons. The van der Waals surface area contributed by atoms with E-state index in [2.05, 4.69) is 10.3 Å². The van der Waals surface area contributed by atoms with Gasteiger partial charge in [-0.1, -0.05) is 17.7 Å². The van der Waals surface area contributed by atoms with Gasteiger partial charge in [-0.3, -0.25) is 14.6 Å². The summed E-state index contributed by atoms with van der Waals surface area (Å²) >= 11 is 6.19. The second kappa shape index (κ2) is 7.93. The lowest BCUT2D eigenvalue weighted by molar-refractivity contribution is -0.134. The maximum absolute atomic E-state index is 12.7. The quantitative estimate of drug-likeness (QED) is 0.654. The van der Waals surface area contributed by atoms with Crippen molar-refractivity contribution in [1.29, 1.82) is 0 Å². The third-order valence-corrected chi connectivity index (χ3v) is 5.07. The van der Waals surface area contributed by atoms with Gasteiger partial charge < -0.3 is 15.0 Å². The first kappa shape index (κ1) is 19.0. The van der Waals surface area contributed by atoms with Gasteiger partial charge in [0.25, 0.3) is 0 Å². The maximum Gasteiger partial charge on any atom is 0.316 e. The number of hydrogen-bond donors (Lipinski definition) is 1. The fourth-order valence-corrected chi connectivity index (χ4v) is 3.55. The van der Waals surface area contributed by atoms with Gasteiger partial charge in [0, 0.05) is 35.3 Å². The van der Waals surface area contributed by atoms with Gasteiger partial charge in [-0.25, -0.2) is 0 Å². The summed E-state index contributed by atoms with van der Waals surface area (Å²) in [5.74, 6) is 0.0193. The minimum Gasteiger partial charge on any atom is -0.457 e. The molecule has 2 amide bonds. The van der Waals surface area contributed by atoms with Gasteiger partial charge >= 0.3 is 11.8 Å². The number of aryl methyl sites for hydroxylation is 1. The molecule has 1 aliphatic rings. The van der Waals surface area contributed by atoms with Crippen molar-refractivity contribution in [3.8, 4) is 11.5 Å². The standard InChI is InChI=1S/C22H18ClN3O3/c1-14-13-15(5-6-20(14)29-16-7-10-24-11-8-16)25-21(27)22(28)26-12-9-17-18(23)3-2-4-19(17)26/h2-8,10-11,13H,9,12H2,1H3,(H,25,27). The number of ether oxygens (including phenoxy) is 1. The monoisotopic (exact) mass is 407 g/mol. The Morgan fingerprint density at radius 3 is 2.69 bits per heavy atom. The molecule has 0 saturated heterocycles. The van der Waals surface area contributed by atoms with Crippen LogP contribution in [0.4, 0.5) is 11.4 Å². The van der Waals surface area contributed by atoms with E-state index in [1.54, 1.807) is 60.9 Å². The van der Waals surface area contributed by atoms with Crippen molar-refractivity contribution in [2.75, 3.05) is 16.8 Å². The van der Waals surface area contributed by atoms with E-state index < -0.39 is 11.8 Å². The molecule has 0 saturated carbocycles. The summed E-state index contributed by atoms with van der Waals surface area (Å²) in [6.07, 6.45) is 3.93. The van der Waals surface area contributed by atoms with E-state index in [0.717, 1.165) is 11.1 Å². The molecule has 7 heteroatoms. The van der Waals surface area contributed by atoms with Crippen LogP contribution >= 0.6 is 11.6 Å². The van der Waals surface area contributed by atoms with Crippen molar-refractivity contribution >= 4 is 34.8 Å². The number of pyridine rings is 1. The number of carbonyl (C=O) groups excluding carboxylic acids is 2. The molecular weight excluding hydrogens is 390 g/mol. The SMILES string of the molecule is Cc1cc(NC(=O)C(=O)N2CCc3c(Cl)cccc32)ccc1Oc1ccncc1. The number of halogens is 1. The Bertz CT molecular complexity index is 1090. The molecule has 6 nitrogen and oxygen atoms in total. The molecule has 0 unspecified atom stereocenters. The third-order valence-electron chi connectivity index (χ3n) is 4.72. The highest BCUT2D eigenvalue weighted by molar-refractivity contribution is 6.44. The summed E-state index contributed by atoms with van der Waals surface area (Å²) in [6.45, 7) is 2.30. The van der Waals surface area contributed by atoms with Crippen molar-refractivity contribution in [2.45, 2.75) is 13.3 Å². The molecule has 3 aromatic rings. The van der Waals surface area contributed by atoms with Crippen LogP contribution in [-0.2, 0) is 16.0 Å². The number of benzene rings is 2. The molecule has 0 fully saturated rings. The van der Waals surface area contributed by atoms with Gasteiger partial charge in [-0.05, 0) is 66.9 Å². The smallest absolute Gasteiger partial charge is 0.316 e. The van der Waals surface area contributed by atoms with Gasteiger partial charge in [0.1, 0.15) is 11.5 Å². The Kier molecular flexibility index (Phi) is 5.18. The second-order valence-corrected chi connectivity index (χ2v) is 7.07. The zero-order valence-electron chi connectivity index (χ0n) is 15.7. The highest BCUT2D eigenvalue weighted by Crippen LogP contribution is 2.33. The molecule has 2 heterocycles. The highest BCUT2D eigenvalue weighted by Gasteiger charge is 2.30. The molecule has 0 bridgehead atoms. The van der Waals surface area contributed by atoms with Crippen molar-refractivity contribution in [3.05, 3.63) is 77.1 Å². The first-order valence-electron chi connectivity index (χ1n) is 9.11. The lowest BCUT2D eigenvalue weighted by atomic mass is 10.2. The number of amides is 2. The van der Waals surface area contributed by atoms with E-state index in [1.807, 2.05) is 6.92 Å². The lowest BCUT2D eigenvalue weighted by Gasteiger charge is -2.17. The number of rotatable bonds is 3. The molecule has 0 aliphatic carbocycles. The highest BCUT2D eigenvalue weighted by atomic mass is 35.5. The fraction of sp³-hybridized carbons (Fsp3) is 0.136. The number of nitrogens with zero attached hydrogens (tertiary/aromatic N) is 2. The van der Waals surface area contributed by atoms with Crippen LogP contribution in [0.3, 0.4) is 0 Å². The molecule has 0 atom stereocenters. The fourth-order valence-electron chi connectivity index (χ4n) is 3.28. The van der Waals surface area contributed by atoms with Gasteiger partial charge in [0.2, 0.25) is 0 Å². The Labute approximate surface area is 173 Å². The number of fused-ring (bicyclic) bond motifs is 1. The molecule has 2 aromatic carbocycles. The van der Waals surface area contributed by atoms with Gasteiger partial charge in [-0.2, -0.15) is 0 Å². The Balaban J connectivity index is 1.46. The van der Waals surface area contributed by atoms with Gasteiger partial charge in [0.15, 0.2) is 0 Å². The second-order valence-electron chi connectivity index (χ2n) is 6.66. The molecule has 4 rings (SSSR count). The first-order chi connectivity index (χ1) is 14.0. The van der Waals surface area contributed by atoms with E-state index >= 15 is 0 Å². The summed E-state index contributed by atoms with van der Waals surface area (Å²) in [6, 6.07) is 14.1. The summed E-state index contributed by atoms with van der Waals surface area (Å²) in [5.41, 5.74) is 2.93. The van der Waals surface area contributed by atoms with Crippen LogP contribution in [0.2, 0.25) is 5.02 Å². The maximum atomic E-state index is 12.7. The van der Waals surface area contributed by atoms with Crippen molar-refractivity contribution in [2.24, 2.45) is 0 Å². The summed E-state index contributed by atoms with van der Waals surface area (Å²) in [4.78, 5) is 30.6. The number of nitrogens with one attached hydrogen (secondary N) is 1. The Morgan fingerprint density at radius 2 is 1.93 bits per heavy atom. The predicted molar refractivity (Wildman–Crippen MR) is 112 cm³/mol. The third kappa shape index (κ3) is 3.93. The molecule has 1 aromatic heterocycles. The molecule has 1 N–H and O–H groups in total. The molecule has 0 spiro atoms. The van der Waals surface area contributed by atoms with Crippen molar-refractivity contribution < 1.29 is 14.3 Å². The summed E-state index contributed by atoms with van der Waals surface area (Å²) in [7, 11) is 0. The molecular formula is C22H18ClN3O3. The number of carbonyl (C=O) groups is 2. The minimum atomic E-state index is -0.694. The van der Waals surface area contributed by atoms with Crippen LogP contribution in [0.1, 0.15) is 11.1 Å². The van der Waals surface area contributed by atoms with Crippen LogP contribution in [0.25, 0.3) is 0 Å². The van der Waals surface area contributed by atoms with Crippen molar-refractivity contribution in [1.82, 2.24) is 4.98 Å². The van der Waals surface area contributed by atoms with Gasteiger partial charge in [-0.15, -0.1) is 0 Å². The Hall–Kier alpha value is -3.38. The van der Waals surface area contributed by atoms with Crippen LogP contribution in [0, 0.1) is 6.92 Å². The molecule has 146 valence electrons. The van der Waals surface area contributed by atoms with E-state index in [9.17, 15) is 9.59 Å². The van der Waals surface area contributed by atoms with Crippen LogP contribution in [0.5, 0.6) is 11.5 Å². The topological polar surface area (TPSA) is 71.5 Å². The van der Waals surface area contributed by atoms with Gasteiger partial charge in [0.05, 0.1) is 0 Å². The van der Waals surface area contributed by atoms with E-state index in [0.29, 0.717) is 40.9 Å². The van der Waals surface area contributed by atoms with Crippen LogP contribution < -0.4 is 15.0 Å². The lowest BCUT2D eigenvalue weighted by Crippen LogP contribution is -2.38. The Morgan fingerprint density at radius 1 is 1.14 bits per heavy atom. The summed E-state index contributed by atoms with van der Waals surface area (Å²) in [5, 5.41) is 3.28. The number of anilines is 2. The average molecular weight is 408 g/mol. The van der Waals surface area contributed by atoms with Crippen LogP contribution in [0.15, 0.2) is 60.9 Å². The first-order valence-corrected chi connectivity index (χ1v) is 9.49. The molecule has 29 heavy (non-hydrogen) atoms. The largest absolute Gasteiger partial charge is 0.457 e. The zero-order valence-corrected chi connectivity index (χ0v) is 16.4. The normalized spacial score (nSPS) is 12.4. The number of hydrogen-bond acceptors (Lipinski definition) is 4. The van der Waals surface area contributed by atoms with Crippen LogP contribution in [-0.4, -0.2) is 23.3 Å². The van der Waals surface area contributed by atoms with Crippen molar-refractivity contribution in [3.63, 3.8) is 0 Å². The van der Waals surface area contributed by atoms with E-state index in [4.69, 9.17) is 16.3 Å². The van der Waals surface area contributed by atoms with E-state index in [-0.39, 0.29) is 0 Å². The predicted octanol–water partition coefficient (Wildman–Crippen LogP) is 4.36. The van der Waals surface area contributed by atoms with E-state index in [1.165, 1.54) is 4.90 Å². The number of aromatic nitrogens is 1. The summed E-state index contributed by atoms with van der Waals surface area (Å²) < 4.78 is 5.81. The average Bonchev–Trinajstić information content (AvgIpc) is 3.16. The molecule has 1 aliphatic heterocycles.